The molecule has 0 aromatic rings. The Kier molecular flexibility index (Phi) is 8230. The third-order valence-electron chi connectivity index (χ3n) is 0. The topological polar surface area (TPSA) is 66.5 Å². The van der Waals surface area contributed by atoms with Gasteiger partial charge in [-0.2, -0.15) is 0 Å². The molecule has 0 unspecified atom stereocenters. The second-order valence-electron chi connectivity index (χ2n) is 0. The van der Waals surface area contributed by atoms with Gasteiger partial charge in [-0.15, -0.1) is 0 Å². The van der Waals surface area contributed by atoms with E-state index in [2.05, 4.69) is 0 Å². The third-order valence-corrected chi connectivity index (χ3v) is 0. The van der Waals surface area contributed by atoms with Crippen molar-refractivity contribution >= 4 is 11.0 Å². The monoisotopic (exact) mass is 135 g/mol. The van der Waals surface area contributed by atoms with Gasteiger partial charge in [0.15, 0.2) is 0 Å². The van der Waals surface area contributed by atoms with E-state index >= 15 is 0 Å². The van der Waals surface area contributed by atoms with Crippen molar-refractivity contribution in [3.63, 3.8) is 0 Å². The summed E-state index contributed by atoms with van der Waals surface area (Å²) in [5.74, 6) is 0. The van der Waals surface area contributed by atoms with Gasteiger partial charge in [0.25, 0.3) is 0 Å². The molecule has 0 heterocycles. The first kappa shape index (κ1) is 285. The zero-order valence-electron chi connectivity index (χ0n) is 2.06. The predicted molar refractivity (Wildman–Crippen MR) is 21.1 cm³/mol. The van der Waals surface area contributed by atoms with Crippen LogP contribution in [0.1, 0.15) is 7.43 Å². The second-order valence-corrected chi connectivity index (χ2v) is 0. The maximum Gasteiger partial charge on any atom is 0 e. The van der Waals surface area contributed by atoms with Crippen molar-refractivity contribution in [1.82, 2.24) is 6.15 Å². The zero-order chi connectivity index (χ0) is 0. The standard InChI is InChI=1S/CH4.Fe.H3N.H2O.Si/h1H4;;1H3;1H2;. The normalized spacial score (nSPS) is 0. The molecule has 2 nitrogen and oxygen atoms in total. The van der Waals surface area contributed by atoms with Crippen molar-refractivity contribution in [2.45, 2.75) is 7.43 Å². The van der Waals surface area contributed by atoms with Crippen LogP contribution < -0.4 is 6.15 Å². The Balaban J connectivity index is 0. The molecule has 0 spiro atoms. The van der Waals surface area contributed by atoms with Crippen molar-refractivity contribution in [2.24, 2.45) is 0 Å². The van der Waals surface area contributed by atoms with Gasteiger partial charge in [0.1, 0.15) is 0 Å². The largest absolute Gasteiger partial charge is 0.412 e. The number of hydrogen-bond donors (Lipinski definition) is 1. The Morgan fingerprint density at radius 3 is 1.00 bits per heavy atom. The molecule has 0 amide bonds. The molecule has 0 rings (SSSR count). The fourth-order valence-electron chi connectivity index (χ4n) is 0. The molecule has 0 saturated heterocycles. The van der Waals surface area contributed by atoms with E-state index in [1.54, 1.807) is 0 Å². The van der Waals surface area contributed by atoms with Crippen molar-refractivity contribution in [2.75, 3.05) is 0 Å². The molecule has 0 aromatic carbocycles. The molecule has 4 radical (unpaired) electrons. The predicted octanol–water partition coefficient (Wildman–Crippen LogP) is -0.410. The van der Waals surface area contributed by atoms with Gasteiger partial charge in [-0.05, 0) is 0 Å². The van der Waals surface area contributed by atoms with Crippen LogP contribution in [0.2, 0.25) is 0 Å². The summed E-state index contributed by atoms with van der Waals surface area (Å²) in [5.41, 5.74) is 0. The van der Waals surface area contributed by atoms with E-state index in [0.29, 0.717) is 0 Å². The summed E-state index contributed by atoms with van der Waals surface area (Å²) in [6.07, 6.45) is 0. The Hall–Kier alpha value is 0.656. The summed E-state index contributed by atoms with van der Waals surface area (Å²) in [6.45, 7) is 0. The summed E-state index contributed by atoms with van der Waals surface area (Å²) in [5, 5.41) is 0. The summed E-state index contributed by atoms with van der Waals surface area (Å²) in [7, 11) is 0. The van der Waals surface area contributed by atoms with Crippen LogP contribution in [0, 0.1) is 0 Å². The van der Waals surface area contributed by atoms with Crippen molar-refractivity contribution in [3.8, 4) is 0 Å². The second kappa shape index (κ2) is 144. The van der Waals surface area contributed by atoms with Gasteiger partial charge in [0, 0.05) is 28.0 Å². The van der Waals surface area contributed by atoms with Crippen molar-refractivity contribution < 1.29 is 22.5 Å². The van der Waals surface area contributed by atoms with Crippen LogP contribution in [0.4, 0.5) is 0 Å². The smallest absolute Gasteiger partial charge is 0 e. The van der Waals surface area contributed by atoms with Crippen LogP contribution in [0.3, 0.4) is 0 Å². The third kappa shape index (κ3) is 76.3. The molecule has 0 atom stereocenters. The SMILES string of the molecule is C.N.O.[Fe].[Si]. The van der Waals surface area contributed by atoms with E-state index in [1.807, 2.05) is 0 Å². The van der Waals surface area contributed by atoms with Crippen LogP contribution in [0.25, 0.3) is 0 Å². The molecule has 0 aliphatic heterocycles. The summed E-state index contributed by atoms with van der Waals surface area (Å²) < 4.78 is 0. The molecule has 0 bridgehead atoms. The quantitative estimate of drug-likeness (QED) is 0.450. The average Bonchev–Trinajstić information content (AvgIpc) is 0. The Bertz CT molecular complexity index is 11.6. The Morgan fingerprint density at radius 2 is 1.00 bits per heavy atom. The summed E-state index contributed by atoms with van der Waals surface area (Å²) in [4.78, 5) is 0. The molecular formula is CH9FeNOSi. The Labute approximate surface area is 47.7 Å². The van der Waals surface area contributed by atoms with E-state index in [9.17, 15) is 0 Å². The van der Waals surface area contributed by atoms with Crippen LogP contribution in [-0.2, 0) is 17.1 Å². The molecule has 0 saturated carbocycles. The maximum absolute atomic E-state index is 0. The molecule has 4 heteroatoms. The minimum Gasteiger partial charge on any atom is -0.412 e. The average molecular weight is 135 g/mol. The summed E-state index contributed by atoms with van der Waals surface area (Å²) in [6, 6.07) is 0. The molecular weight excluding hydrogens is 126 g/mol. The Morgan fingerprint density at radius 1 is 1.00 bits per heavy atom. The van der Waals surface area contributed by atoms with E-state index in [1.165, 1.54) is 0 Å². The summed E-state index contributed by atoms with van der Waals surface area (Å²) >= 11 is 0. The fourth-order valence-corrected chi connectivity index (χ4v) is 0. The van der Waals surface area contributed by atoms with Gasteiger partial charge in [0.2, 0.25) is 0 Å². The van der Waals surface area contributed by atoms with Gasteiger partial charge >= 0.3 is 0 Å². The van der Waals surface area contributed by atoms with Gasteiger partial charge in [-0.25, -0.2) is 0 Å². The molecule has 0 fully saturated rings. The molecule has 0 aliphatic rings. The van der Waals surface area contributed by atoms with Crippen molar-refractivity contribution in [3.05, 3.63) is 0 Å². The van der Waals surface area contributed by atoms with E-state index in [-0.39, 0.29) is 47.1 Å². The van der Waals surface area contributed by atoms with E-state index < -0.39 is 0 Å². The molecule has 5 N–H and O–H groups in total. The first-order chi connectivity index (χ1) is 0. The number of rotatable bonds is 0. The first-order valence-electron chi connectivity index (χ1n) is 0. The molecule has 0 aliphatic carbocycles. The van der Waals surface area contributed by atoms with Gasteiger partial charge in [-0.3, -0.25) is 0 Å². The zero-order valence-corrected chi connectivity index (χ0v) is 4.16. The van der Waals surface area contributed by atoms with Gasteiger partial charge < -0.3 is 11.6 Å². The van der Waals surface area contributed by atoms with Crippen LogP contribution in [-0.4, -0.2) is 16.4 Å². The van der Waals surface area contributed by atoms with E-state index in [4.69, 9.17) is 0 Å². The van der Waals surface area contributed by atoms with Crippen LogP contribution in [0.5, 0.6) is 0 Å². The molecule has 0 aromatic heterocycles. The van der Waals surface area contributed by atoms with E-state index in [0.717, 1.165) is 0 Å². The van der Waals surface area contributed by atoms with Gasteiger partial charge in [0.05, 0.1) is 0 Å². The fraction of sp³-hybridized carbons (Fsp3) is 1.00. The van der Waals surface area contributed by atoms with Crippen LogP contribution >= 0.6 is 0 Å². The molecule has 5 heavy (non-hydrogen) atoms. The minimum absolute atomic E-state index is 0. The maximum atomic E-state index is 0. The number of hydrogen-bond acceptors (Lipinski definition) is 1. The first-order valence-corrected chi connectivity index (χ1v) is 0. The van der Waals surface area contributed by atoms with Crippen LogP contribution in [0.15, 0.2) is 0 Å². The molecule has 36 valence electrons. The van der Waals surface area contributed by atoms with Crippen molar-refractivity contribution in [1.29, 1.82) is 0 Å². The van der Waals surface area contributed by atoms with Gasteiger partial charge in [-0.1, -0.05) is 7.43 Å². The minimum atomic E-state index is 0.